The fourth-order valence-corrected chi connectivity index (χ4v) is 1.83. The molecule has 0 radical (unpaired) electrons. The van der Waals surface area contributed by atoms with Gasteiger partial charge in [-0.3, -0.25) is 4.79 Å². The average molecular weight is 176 g/mol. The summed E-state index contributed by atoms with van der Waals surface area (Å²) >= 11 is 0. The second-order valence-electron chi connectivity index (χ2n) is 3.70. The van der Waals surface area contributed by atoms with Crippen LogP contribution in [0.5, 0.6) is 0 Å². The Hall–Kier alpha value is -1.31. The van der Waals surface area contributed by atoms with Crippen LogP contribution >= 0.6 is 0 Å². The Morgan fingerprint density at radius 2 is 2.00 bits per heavy atom. The lowest BCUT2D eigenvalue weighted by Crippen LogP contribution is -2.20. The standard InChI is InChI=1S/C11H12O2/c1-8-4-2-3-5-9(8)11(6-7-11)10(12)13/h2-5H,6-7H2,1H3,(H,12,13). The van der Waals surface area contributed by atoms with Crippen LogP contribution in [0.4, 0.5) is 0 Å². The molecule has 1 fully saturated rings. The zero-order valence-corrected chi connectivity index (χ0v) is 7.58. The van der Waals surface area contributed by atoms with Gasteiger partial charge in [0.15, 0.2) is 0 Å². The van der Waals surface area contributed by atoms with Gasteiger partial charge in [0.1, 0.15) is 0 Å². The van der Waals surface area contributed by atoms with Crippen LogP contribution in [0.1, 0.15) is 24.0 Å². The first-order valence-electron chi connectivity index (χ1n) is 4.46. The highest BCUT2D eigenvalue weighted by molar-refractivity contribution is 5.85. The van der Waals surface area contributed by atoms with Crippen LogP contribution in [0.25, 0.3) is 0 Å². The summed E-state index contributed by atoms with van der Waals surface area (Å²) in [6.07, 6.45) is 1.57. The number of aliphatic carboxylic acids is 1. The van der Waals surface area contributed by atoms with E-state index in [9.17, 15) is 4.79 Å². The maximum Gasteiger partial charge on any atom is 0.314 e. The number of carboxylic acid groups (broad SMARTS) is 1. The number of aryl methyl sites for hydroxylation is 1. The molecule has 0 amide bonds. The Balaban J connectivity index is 2.47. The SMILES string of the molecule is Cc1ccccc1C1(C(=O)O)CC1. The molecule has 0 heterocycles. The molecule has 68 valence electrons. The minimum atomic E-state index is -0.679. The van der Waals surface area contributed by atoms with Gasteiger partial charge in [-0.1, -0.05) is 24.3 Å². The first-order chi connectivity index (χ1) is 6.17. The van der Waals surface area contributed by atoms with E-state index in [1.807, 2.05) is 31.2 Å². The van der Waals surface area contributed by atoms with Gasteiger partial charge in [-0.2, -0.15) is 0 Å². The van der Waals surface area contributed by atoms with Gasteiger partial charge < -0.3 is 5.11 Å². The molecule has 13 heavy (non-hydrogen) atoms. The van der Waals surface area contributed by atoms with Crippen molar-refractivity contribution in [3.8, 4) is 0 Å². The van der Waals surface area contributed by atoms with Crippen molar-refractivity contribution in [2.24, 2.45) is 0 Å². The van der Waals surface area contributed by atoms with Gasteiger partial charge in [0, 0.05) is 0 Å². The van der Waals surface area contributed by atoms with Crippen LogP contribution in [-0.4, -0.2) is 11.1 Å². The van der Waals surface area contributed by atoms with E-state index in [4.69, 9.17) is 5.11 Å². The zero-order chi connectivity index (χ0) is 9.47. The molecule has 1 saturated carbocycles. The normalized spacial score (nSPS) is 18.2. The van der Waals surface area contributed by atoms with E-state index < -0.39 is 11.4 Å². The summed E-state index contributed by atoms with van der Waals surface area (Å²) in [6, 6.07) is 7.75. The predicted molar refractivity (Wildman–Crippen MR) is 49.7 cm³/mol. The number of hydrogen-bond donors (Lipinski definition) is 1. The summed E-state index contributed by atoms with van der Waals surface area (Å²) in [5.74, 6) is -0.679. The Bertz CT molecular complexity index is 351. The van der Waals surface area contributed by atoms with Gasteiger partial charge in [-0.05, 0) is 30.9 Å². The number of rotatable bonds is 2. The van der Waals surface area contributed by atoms with Crippen molar-refractivity contribution >= 4 is 5.97 Å². The third kappa shape index (κ3) is 1.13. The quantitative estimate of drug-likeness (QED) is 0.749. The number of carbonyl (C=O) groups is 1. The van der Waals surface area contributed by atoms with Gasteiger partial charge in [0.2, 0.25) is 0 Å². The average Bonchev–Trinajstić information content (AvgIpc) is 2.85. The molecule has 0 aliphatic heterocycles. The topological polar surface area (TPSA) is 37.3 Å². The van der Waals surface area contributed by atoms with Crippen molar-refractivity contribution in [2.75, 3.05) is 0 Å². The fourth-order valence-electron chi connectivity index (χ4n) is 1.83. The summed E-state index contributed by atoms with van der Waals surface area (Å²) in [4.78, 5) is 11.0. The van der Waals surface area contributed by atoms with Crippen molar-refractivity contribution < 1.29 is 9.90 Å². The van der Waals surface area contributed by atoms with Crippen LogP contribution in [-0.2, 0) is 10.2 Å². The largest absolute Gasteiger partial charge is 0.481 e. The minimum absolute atomic E-state index is 0.550. The molecule has 0 atom stereocenters. The Morgan fingerprint density at radius 1 is 1.38 bits per heavy atom. The van der Waals surface area contributed by atoms with Gasteiger partial charge in [0.05, 0.1) is 5.41 Å². The maximum absolute atomic E-state index is 11.0. The fraction of sp³-hybridized carbons (Fsp3) is 0.364. The molecule has 1 N–H and O–H groups in total. The first kappa shape index (κ1) is 8.30. The summed E-state index contributed by atoms with van der Waals surface area (Å²) < 4.78 is 0. The van der Waals surface area contributed by atoms with E-state index >= 15 is 0 Å². The van der Waals surface area contributed by atoms with Crippen LogP contribution in [0, 0.1) is 6.92 Å². The molecule has 2 rings (SSSR count). The van der Waals surface area contributed by atoms with E-state index in [2.05, 4.69) is 0 Å². The van der Waals surface area contributed by atoms with Crippen molar-refractivity contribution in [2.45, 2.75) is 25.2 Å². The van der Waals surface area contributed by atoms with Crippen molar-refractivity contribution in [3.05, 3.63) is 35.4 Å². The third-order valence-electron chi connectivity index (χ3n) is 2.82. The summed E-state index contributed by atoms with van der Waals surface area (Å²) in [5.41, 5.74) is 1.52. The highest BCUT2D eigenvalue weighted by Crippen LogP contribution is 2.49. The lowest BCUT2D eigenvalue weighted by Gasteiger charge is -2.12. The lowest BCUT2D eigenvalue weighted by molar-refractivity contribution is -0.140. The second kappa shape index (κ2) is 2.59. The Morgan fingerprint density at radius 3 is 2.46 bits per heavy atom. The van der Waals surface area contributed by atoms with Gasteiger partial charge >= 0.3 is 5.97 Å². The first-order valence-corrected chi connectivity index (χ1v) is 4.46. The van der Waals surface area contributed by atoms with E-state index in [1.165, 1.54) is 0 Å². The molecule has 0 spiro atoms. The highest BCUT2D eigenvalue weighted by atomic mass is 16.4. The highest BCUT2D eigenvalue weighted by Gasteiger charge is 2.52. The molecule has 2 heteroatoms. The number of carboxylic acids is 1. The van der Waals surface area contributed by atoms with E-state index in [1.54, 1.807) is 0 Å². The molecule has 0 bridgehead atoms. The van der Waals surface area contributed by atoms with Crippen LogP contribution in [0.3, 0.4) is 0 Å². The van der Waals surface area contributed by atoms with E-state index in [-0.39, 0.29) is 0 Å². The maximum atomic E-state index is 11.0. The minimum Gasteiger partial charge on any atom is -0.481 e. The monoisotopic (exact) mass is 176 g/mol. The van der Waals surface area contributed by atoms with Crippen LogP contribution in [0.2, 0.25) is 0 Å². The molecular weight excluding hydrogens is 164 g/mol. The molecule has 0 aromatic heterocycles. The summed E-state index contributed by atoms with van der Waals surface area (Å²) in [5, 5.41) is 9.08. The third-order valence-corrected chi connectivity index (χ3v) is 2.82. The second-order valence-corrected chi connectivity index (χ2v) is 3.70. The Labute approximate surface area is 77.2 Å². The number of benzene rings is 1. The molecule has 1 aromatic rings. The Kier molecular flexibility index (Phi) is 1.65. The van der Waals surface area contributed by atoms with Gasteiger partial charge in [-0.15, -0.1) is 0 Å². The predicted octanol–water partition coefficient (Wildman–Crippen LogP) is 2.11. The van der Waals surface area contributed by atoms with Crippen LogP contribution in [0.15, 0.2) is 24.3 Å². The van der Waals surface area contributed by atoms with E-state index in [0.29, 0.717) is 0 Å². The zero-order valence-electron chi connectivity index (χ0n) is 7.58. The van der Waals surface area contributed by atoms with Gasteiger partial charge in [0.25, 0.3) is 0 Å². The molecule has 0 saturated heterocycles. The number of hydrogen-bond acceptors (Lipinski definition) is 1. The van der Waals surface area contributed by atoms with Crippen molar-refractivity contribution in [3.63, 3.8) is 0 Å². The molecule has 2 nitrogen and oxygen atoms in total. The van der Waals surface area contributed by atoms with Crippen LogP contribution < -0.4 is 0 Å². The molecule has 0 unspecified atom stereocenters. The lowest BCUT2D eigenvalue weighted by atomic mass is 9.92. The molecule has 1 aromatic carbocycles. The van der Waals surface area contributed by atoms with Gasteiger partial charge in [-0.25, -0.2) is 0 Å². The molecule has 1 aliphatic carbocycles. The smallest absolute Gasteiger partial charge is 0.314 e. The van der Waals surface area contributed by atoms with Crippen molar-refractivity contribution in [1.82, 2.24) is 0 Å². The summed E-state index contributed by atoms with van der Waals surface area (Å²) in [6.45, 7) is 1.97. The molecular formula is C11H12O2. The molecule has 1 aliphatic rings. The van der Waals surface area contributed by atoms with E-state index in [0.717, 1.165) is 24.0 Å². The summed E-state index contributed by atoms with van der Waals surface area (Å²) in [7, 11) is 0. The van der Waals surface area contributed by atoms with Crippen molar-refractivity contribution in [1.29, 1.82) is 0 Å².